The number of ether oxygens (including phenoxy) is 2. The van der Waals surface area contributed by atoms with Gasteiger partial charge < -0.3 is 14.4 Å². The van der Waals surface area contributed by atoms with Gasteiger partial charge in [0.15, 0.2) is 0 Å². The molecule has 0 bridgehead atoms. The molecule has 2 heterocycles. The first-order valence-electron chi connectivity index (χ1n) is 13.5. The van der Waals surface area contributed by atoms with E-state index in [1.165, 1.54) is 0 Å². The number of piperidine rings is 1. The molecule has 37 heavy (non-hydrogen) atoms. The predicted octanol–water partition coefficient (Wildman–Crippen LogP) is 4.22. The summed E-state index contributed by atoms with van der Waals surface area (Å²) in [6.45, 7) is 13.4. The Kier molecular flexibility index (Phi) is 9.22. The largest absolute Gasteiger partial charge is 0.460 e. The van der Waals surface area contributed by atoms with Crippen molar-refractivity contribution in [2.24, 2.45) is 5.92 Å². The van der Waals surface area contributed by atoms with Crippen LogP contribution in [0.15, 0.2) is 54.6 Å². The predicted molar refractivity (Wildman–Crippen MR) is 146 cm³/mol. The number of carbonyl (C=O) groups excluding carboxylic acids is 2. The third-order valence-electron chi connectivity index (χ3n) is 7.06. The number of benzene rings is 2. The van der Waals surface area contributed by atoms with Crippen molar-refractivity contribution in [3.05, 3.63) is 65.7 Å². The van der Waals surface area contributed by atoms with E-state index >= 15 is 0 Å². The van der Waals surface area contributed by atoms with Gasteiger partial charge in [-0.2, -0.15) is 0 Å². The van der Waals surface area contributed by atoms with Crippen molar-refractivity contribution in [3.8, 4) is 0 Å². The van der Waals surface area contributed by atoms with E-state index < -0.39 is 5.60 Å². The molecule has 0 aromatic heterocycles. The monoisotopic (exact) mass is 507 g/mol. The van der Waals surface area contributed by atoms with E-state index in [4.69, 9.17) is 9.47 Å². The van der Waals surface area contributed by atoms with Crippen LogP contribution in [-0.2, 0) is 20.9 Å². The number of hydrogen-bond donors (Lipinski definition) is 0. The minimum absolute atomic E-state index is 0.141. The topological polar surface area (TPSA) is 62.3 Å². The molecule has 2 aromatic carbocycles. The molecular formula is C30H41N3O4. The van der Waals surface area contributed by atoms with Crippen LogP contribution in [0.2, 0.25) is 0 Å². The highest BCUT2D eigenvalue weighted by Crippen LogP contribution is 2.22. The molecule has 4 rings (SSSR count). The molecule has 2 aliphatic rings. The van der Waals surface area contributed by atoms with E-state index in [2.05, 4.69) is 14.7 Å². The fourth-order valence-electron chi connectivity index (χ4n) is 4.99. The first kappa shape index (κ1) is 27.1. The zero-order chi connectivity index (χ0) is 26.3. The zero-order valence-corrected chi connectivity index (χ0v) is 22.5. The Morgan fingerprint density at radius 2 is 1.49 bits per heavy atom. The maximum Gasteiger partial charge on any atom is 0.338 e. The first-order chi connectivity index (χ1) is 17.7. The van der Waals surface area contributed by atoms with E-state index in [0.29, 0.717) is 24.6 Å². The Morgan fingerprint density at radius 3 is 2.11 bits per heavy atom. The summed E-state index contributed by atoms with van der Waals surface area (Å²) in [7, 11) is 0. The van der Waals surface area contributed by atoms with Gasteiger partial charge in [0.2, 0.25) is 0 Å². The summed E-state index contributed by atoms with van der Waals surface area (Å²) in [6, 6.07) is 17.6. The smallest absolute Gasteiger partial charge is 0.338 e. The average Bonchev–Trinajstić information content (AvgIpc) is 2.89. The molecule has 2 saturated heterocycles. The molecule has 0 unspecified atom stereocenters. The first-order valence-corrected chi connectivity index (χ1v) is 13.5. The highest BCUT2D eigenvalue weighted by molar-refractivity contribution is 5.90. The molecule has 0 spiro atoms. The Balaban J connectivity index is 1.13. The standard InChI is InChI=1S/C30H41N3O4/c1-30(2,3)37-29(35)26-9-11-27(12-10-26)33-19-17-32(18-20-33)21-24-13-15-31(16-14-24)22-28(34)36-23-25-7-5-4-6-8-25/h4-12,24H,13-23H2,1-3H3. The second-order valence-corrected chi connectivity index (χ2v) is 11.2. The van der Waals surface area contributed by atoms with Gasteiger partial charge in [-0.05, 0) is 82.4 Å². The van der Waals surface area contributed by atoms with Gasteiger partial charge in [-0.15, -0.1) is 0 Å². The number of esters is 2. The van der Waals surface area contributed by atoms with Crippen LogP contribution in [0.4, 0.5) is 5.69 Å². The van der Waals surface area contributed by atoms with Gasteiger partial charge in [0.05, 0.1) is 12.1 Å². The average molecular weight is 508 g/mol. The minimum Gasteiger partial charge on any atom is -0.460 e. The van der Waals surface area contributed by atoms with Gasteiger partial charge >= 0.3 is 11.9 Å². The number of carbonyl (C=O) groups is 2. The van der Waals surface area contributed by atoms with Crippen molar-refractivity contribution in [3.63, 3.8) is 0 Å². The molecule has 2 aromatic rings. The Bertz CT molecular complexity index is 1000. The summed E-state index contributed by atoms with van der Waals surface area (Å²) < 4.78 is 10.9. The Labute approximate surface area is 221 Å². The van der Waals surface area contributed by atoms with Gasteiger partial charge in [-0.3, -0.25) is 14.6 Å². The lowest BCUT2D eigenvalue weighted by molar-refractivity contribution is -0.146. The molecule has 2 aliphatic heterocycles. The molecule has 0 aliphatic carbocycles. The lowest BCUT2D eigenvalue weighted by Gasteiger charge is -2.39. The zero-order valence-electron chi connectivity index (χ0n) is 22.5. The van der Waals surface area contributed by atoms with Crippen molar-refractivity contribution in [1.82, 2.24) is 9.80 Å². The number of nitrogens with zero attached hydrogens (tertiary/aromatic N) is 3. The van der Waals surface area contributed by atoms with E-state index in [-0.39, 0.29) is 11.9 Å². The summed E-state index contributed by atoms with van der Waals surface area (Å²) in [6.07, 6.45) is 2.25. The van der Waals surface area contributed by atoms with Gasteiger partial charge in [0.25, 0.3) is 0 Å². The number of rotatable bonds is 8. The third kappa shape index (κ3) is 8.58. The Morgan fingerprint density at radius 1 is 0.838 bits per heavy atom. The highest BCUT2D eigenvalue weighted by Gasteiger charge is 2.25. The number of piperazine rings is 1. The molecule has 7 nitrogen and oxygen atoms in total. The van der Waals surface area contributed by atoms with Gasteiger partial charge in [-0.1, -0.05) is 30.3 Å². The van der Waals surface area contributed by atoms with Crippen molar-refractivity contribution in [2.45, 2.75) is 45.8 Å². The van der Waals surface area contributed by atoms with Crippen molar-refractivity contribution in [2.75, 3.05) is 57.3 Å². The SMILES string of the molecule is CC(C)(C)OC(=O)c1ccc(N2CCN(CC3CCN(CC(=O)OCc4ccccc4)CC3)CC2)cc1. The highest BCUT2D eigenvalue weighted by atomic mass is 16.6. The molecule has 7 heteroatoms. The van der Waals surface area contributed by atoms with E-state index in [0.717, 1.165) is 69.9 Å². The molecule has 0 N–H and O–H groups in total. The van der Waals surface area contributed by atoms with Crippen LogP contribution in [0.5, 0.6) is 0 Å². The van der Waals surface area contributed by atoms with Crippen molar-refractivity contribution >= 4 is 17.6 Å². The molecule has 0 saturated carbocycles. The molecule has 0 amide bonds. The van der Waals surface area contributed by atoms with E-state index in [9.17, 15) is 9.59 Å². The maximum absolute atomic E-state index is 12.3. The molecule has 2 fully saturated rings. The van der Waals surface area contributed by atoms with E-state index in [1.807, 2.05) is 75.4 Å². The van der Waals surface area contributed by atoms with Crippen molar-refractivity contribution in [1.29, 1.82) is 0 Å². The number of anilines is 1. The summed E-state index contributed by atoms with van der Waals surface area (Å²) >= 11 is 0. The lowest BCUT2D eigenvalue weighted by atomic mass is 9.96. The minimum atomic E-state index is -0.489. The second-order valence-electron chi connectivity index (χ2n) is 11.2. The van der Waals surface area contributed by atoms with E-state index in [1.54, 1.807) is 0 Å². The summed E-state index contributed by atoms with van der Waals surface area (Å²) in [5.41, 5.74) is 2.27. The maximum atomic E-state index is 12.3. The quantitative estimate of drug-likeness (QED) is 0.496. The number of hydrogen-bond acceptors (Lipinski definition) is 7. The lowest BCUT2D eigenvalue weighted by Crippen LogP contribution is -2.49. The van der Waals surface area contributed by atoms with Gasteiger partial charge in [0, 0.05) is 38.4 Å². The van der Waals surface area contributed by atoms with Crippen LogP contribution in [0.3, 0.4) is 0 Å². The van der Waals surface area contributed by atoms with Crippen LogP contribution in [0.1, 0.15) is 49.5 Å². The molecule has 0 atom stereocenters. The van der Waals surface area contributed by atoms with Gasteiger partial charge in [-0.25, -0.2) is 4.79 Å². The van der Waals surface area contributed by atoms with Gasteiger partial charge in [0.1, 0.15) is 12.2 Å². The summed E-state index contributed by atoms with van der Waals surface area (Å²) in [5.74, 6) is 0.257. The molecule has 200 valence electrons. The van der Waals surface area contributed by atoms with Crippen LogP contribution in [0.25, 0.3) is 0 Å². The van der Waals surface area contributed by atoms with Crippen LogP contribution >= 0.6 is 0 Å². The molecule has 0 radical (unpaired) electrons. The van der Waals surface area contributed by atoms with Crippen molar-refractivity contribution < 1.29 is 19.1 Å². The summed E-state index contributed by atoms with van der Waals surface area (Å²) in [4.78, 5) is 31.7. The molecular weight excluding hydrogens is 466 g/mol. The fraction of sp³-hybridized carbons (Fsp3) is 0.533. The fourth-order valence-corrected chi connectivity index (χ4v) is 4.99. The van der Waals surface area contributed by atoms with Crippen LogP contribution < -0.4 is 4.90 Å². The third-order valence-corrected chi connectivity index (χ3v) is 7.06. The van der Waals surface area contributed by atoms with Crippen LogP contribution in [0, 0.1) is 5.92 Å². The normalized spacial score (nSPS) is 18.0. The Hall–Kier alpha value is -2.90. The summed E-state index contributed by atoms with van der Waals surface area (Å²) in [5, 5.41) is 0. The number of likely N-dealkylation sites (tertiary alicyclic amines) is 1. The van der Waals surface area contributed by atoms with Crippen LogP contribution in [-0.4, -0.2) is 79.7 Å². The second kappa shape index (κ2) is 12.6.